The van der Waals surface area contributed by atoms with E-state index in [1.165, 1.54) is 20.3 Å². The van der Waals surface area contributed by atoms with Crippen LogP contribution in [0.3, 0.4) is 0 Å². The molecule has 0 aliphatic carbocycles. The van der Waals surface area contributed by atoms with Crippen LogP contribution in [0.1, 0.15) is 10.4 Å². The van der Waals surface area contributed by atoms with Gasteiger partial charge in [-0.1, -0.05) is 0 Å². The largest absolute Gasteiger partial charge is 0.493 e. The summed E-state index contributed by atoms with van der Waals surface area (Å²) in [5.41, 5.74) is 0.919. The van der Waals surface area contributed by atoms with E-state index < -0.39 is 5.97 Å². The number of benzene rings is 1. The van der Waals surface area contributed by atoms with Gasteiger partial charge in [0.1, 0.15) is 0 Å². The number of aromatic nitrogens is 1. The normalized spacial score (nSPS) is 10.5. The highest BCUT2D eigenvalue weighted by atomic mass is 16.5. The Morgan fingerprint density at radius 1 is 1.35 bits per heavy atom. The molecule has 2 rings (SSSR count). The van der Waals surface area contributed by atoms with Crippen molar-refractivity contribution in [2.75, 3.05) is 14.2 Å². The molecule has 5 nitrogen and oxygen atoms in total. The number of aryl methyl sites for hydroxylation is 1. The molecule has 2 aromatic rings. The molecule has 0 bridgehead atoms. The van der Waals surface area contributed by atoms with Crippen molar-refractivity contribution in [3.63, 3.8) is 0 Å². The van der Waals surface area contributed by atoms with E-state index in [2.05, 4.69) is 0 Å². The quantitative estimate of drug-likeness (QED) is 0.882. The first-order valence-corrected chi connectivity index (χ1v) is 5.03. The van der Waals surface area contributed by atoms with Crippen LogP contribution in [0.25, 0.3) is 10.9 Å². The van der Waals surface area contributed by atoms with Gasteiger partial charge in [0, 0.05) is 18.6 Å². The molecule has 5 heteroatoms. The van der Waals surface area contributed by atoms with Crippen LogP contribution >= 0.6 is 0 Å². The average Bonchev–Trinajstić information content (AvgIpc) is 2.69. The minimum atomic E-state index is -0.984. The van der Waals surface area contributed by atoms with E-state index in [9.17, 15) is 9.90 Å². The van der Waals surface area contributed by atoms with Gasteiger partial charge in [-0.2, -0.15) is 0 Å². The van der Waals surface area contributed by atoms with E-state index in [-0.39, 0.29) is 5.56 Å². The molecule has 0 unspecified atom stereocenters. The highest BCUT2D eigenvalue weighted by molar-refractivity contribution is 6.06. The lowest BCUT2D eigenvalue weighted by atomic mass is 10.1. The summed E-state index contributed by atoms with van der Waals surface area (Å²) in [6.45, 7) is 0. The van der Waals surface area contributed by atoms with E-state index in [4.69, 9.17) is 9.47 Å². The Kier molecular flexibility index (Phi) is 2.67. The molecule has 0 saturated carbocycles. The first-order chi connectivity index (χ1) is 8.10. The Hall–Kier alpha value is -2.17. The summed E-state index contributed by atoms with van der Waals surface area (Å²) >= 11 is 0. The third kappa shape index (κ3) is 1.60. The van der Waals surface area contributed by atoms with Crippen LogP contribution in [0.15, 0.2) is 18.3 Å². The number of ether oxygens (including phenoxy) is 2. The second-order valence-corrected chi connectivity index (χ2v) is 3.65. The minimum Gasteiger partial charge on any atom is -0.493 e. The molecule has 0 aliphatic rings. The number of hydrogen-bond acceptors (Lipinski definition) is 3. The Labute approximate surface area is 98.2 Å². The highest BCUT2D eigenvalue weighted by Crippen LogP contribution is 2.38. The van der Waals surface area contributed by atoms with Gasteiger partial charge in [0.15, 0.2) is 11.5 Å². The van der Waals surface area contributed by atoms with Crippen molar-refractivity contribution in [2.24, 2.45) is 7.05 Å². The molecular formula is C12H13NO4. The molecule has 0 amide bonds. The summed E-state index contributed by atoms with van der Waals surface area (Å²) in [5, 5.41) is 9.81. The Morgan fingerprint density at radius 3 is 2.59 bits per heavy atom. The van der Waals surface area contributed by atoms with Crippen molar-refractivity contribution >= 4 is 16.9 Å². The van der Waals surface area contributed by atoms with Crippen molar-refractivity contribution in [3.05, 3.63) is 23.9 Å². The van der Waals surface area contributed by atoms with Crippen LogP contribution in [0, 0.1) is 0 Å². The van der Waals surface area contributed by atoms with Crippen LogP contribution in [0.4, 0.5) is 0 Å². The number of fused-ring (bicyclic) bond motifs is 1. The first-order valence-electron chi connectivity index (χ1n) is 5.03. The van der Waals surface area contributed by atoms with Gasteiger partial charge in [0.05, 0.1) is 25.3 Å². The topological polar surface area (TPSA) is 60.7 Å². The third-order valence-corrected chi connectivity index (χ3v) is 2.73. The van der Waals surface area contributed by atoms with E-state index >= 15 is 0 Å². The number of hydrogen-bond donors (Lipinski definition) is 1. The maximum absolute atomic E-state index is 11.2. The lowest BCUT2D eigenvalue weighted by Crippen LogP contribution is -2.01. The molecule has 17 heavy (non-hydrogen) atoms. The van der Waals surface area contributed by atoms with Crippen LogP contribution in [-0.2, 0) is 7.05 Å². The Balaban J connectivity index is 2.92. The number of methoxy groups -OCH3 is 2. The molecule has 0 radical (unpaired) electrons. The molecule has 0 spiro atoms. The molecule has 90 valence electrons. The SMILES string of the molecule is COc1cc(C(=O)O)c2ccn(C)c2c1OC. The lowest BCUT2D eigenvalue weighted by Gasteiger charge is -2.11. The second-order valence-electron chi connectivity index (χ2n) is 3.65. The lowest BCUT2D eigenvalue weighted by molar-refractivity contribution is 0.0698. The fraction of sp³-hybridized carbons (Fsp3) is 0.250. The summed E-state index contributed by atoms with van der Waals surface area (Å²) in [6, 6.07) is 3.23. The maximum Gasteiger partial charge on any atom is 0.336 e. The van der Waals surface area contributed by atoms with E-state index in [0.717, 1.165) is 0 Å². The summed E-state index contributed by atoms with van der Waals surface area (Å²) in [4.78, 5) is 11.2. The summed E-state index contributed by atoms with van der Waals surface area (Å²) in [7, 11) is 4.85. The van der Waals surface area contributed by atoms with Gasteiger partial charge in [-0.3, -0.25) is 0 Å². The number of carbonyl (C=O) groups is 1. The van der Waals surface area contributed by atoms with Crippen molar-refractivity contribution in [2.45, 2.75) is 0 Å². The zero-order chi connectivity index (χ0) is 12.6. The molecule has 1 heterocycles. The number of aromatic carboxylic acids is 1. The average molecular weight is 235 g/mol. The van der Waals surface area contributed by atoms with Crippen LogP contribution in [0.2, 0.25) is 0 Å². The van der Waals surface area contributed by atoms with Crippen molar-refractivity contribution in [1.29, 1.82) is 0 Å². The molecule has 1 N–H and O–H groups in total. The van der Waals surface area contributed by atoms with Gasteiger partial charge in [0.2, 0.25) is 0 Å². The predicted octanol–water partition coefficient (Wildman–Crippen LogP) is 1.89. The third-order valence-electron chi connectivity index (χ3n) is 2.73. The number of carboxylic acid groups (broad SMARTS) is 1. The number of nitrogens with zero attached hydrogens (tertiary/aromatic N) is 1. The van der Waals surface area contributed by atoms with Crippen LogP contribution < -0.4 is 9.47 Å². The van der Waals surface area contributed by atoms with Crippen molar-refractivity contribution in [3.8, 4) is 11.5 Å². The van der Waals surface area contributed by atoms with Gasteiger partial charge in [-0.05, 0) is 12.1 Å². The summed E-state index contributed by atoms with van der Waals surface area (Å²) in [6.07, 6.45) is 1.79. The molecule has 1 aromatic heterocycles. The van der Waals surface area contributed by atoms with Gasteiger partial charge in [-0.25, -0.2) is 4.79 Å². The Morgan fingerprint density at radius 2 is 2.06 bits per heavy atom. The molecule has 0 saturated heterocycles. The van der Waals surface area contributed by atoms with Gasteiger partial charge in [0.25, 0.3) is 0 Å². The van der Waals surface area contributed by atoms with E-state index in [1.54, 1.807) is 12.3 Å². The summed E-state index contributed by atoms with van der Waals surface area (Å²) in [5.74, 6) is -0.0265. The fourth-order valence-electron chi connectivity index (χ4n) is 1.95. The smallest absolute Gasteiger partial charge is 0.336 e. The fourth-order valence-corrected chi connectivity index (χ4v) is 1.95. The predicted molar refractivity (Wildman–Crippen MR) is 63.0 cm³/mol. The van der Waals surface area contributed by atoms with Gasteiger partial charge in [-0.15, -0.1) is 0 Å². The molecule has 1 aromatic carbocycles. The standard InChI is InChI=1S/C12H13NO4/c1-13-5-4-7-8(12(14)15)6-9(16-2)11(17-3)10(7)13/h4-6H,1-3H3,(H,14,15). The van der Waals surface area contributed by atoms with E-state index in [1.807, 2.05) is 11.6 Å². The van der Waals surface area contributed by atoms with Crippen molar-refractivity contribution < 1.29 is 19.4 Å². The Bertz CT molecular complexity index is 586. The molecule has 0 fully saturated rings. The monoisotopic (exact) mass is 235 g/mol. The van der Waals surface area contributed by atoms with Gasteiger partial charge < -0.3 is 19.1 Å². The summed E-state index contributed by atoms with van der Waals surface area (Å²) < 4.78 is 12.3. The van der Waals surface area contributed by atoms with Gasteiger partial charge >= 0.3 is 5.97 Å². The molecule has 0 aliphatic heterocycles. The zero-order valence-electron chi connectivity index (χ0n) is 9.85. The molecular weight excluding hydrogens is 222 g/mol. The maximum atomic E-state index is 11.2. The first kappa shape index (κ1) is 11.3. The van der Waals surface area contributed by atoms with Crippen molar-refractivity contribution in [1.82, 2.24) is 4.57 Å². The van der Waals surface area contributed by atoms with Crippen LogP contribution in [0.5, 0.6) is 11.5 Å². The molecule has 0 atom stereocenters. The number of rotatable bonds is 3. The number of carboxylic acids is 1. The van der Waals surface area contributed by atoms with Crippen LogP contribution in [-0.4, -0.2) is 29.9 Å². The van der Waals surface area contributed by atoms with E-state index in [0.29, 0.717) is 22.4 Å². The minimum absolute atomic E-state index is 0.207. The second kappa shape index (κ2) is 4.01. The highest BCUT2D eigenvalue weighted by Gasteiger charge is 2.19. The zero-order valence-corrected chi connectivity index (χ0v) is 9.85.